The highest BCUT2D eigenvalue weighted by Gasteiger charge is 2.79. The standard InChI is InChI=1S/C34H35F4NO5/c1-18-30(42)27(17-40)34(37,38)33(31(18)43)16-26(33)19-2-4-21(5-3-19)29-25(14-15-28(41)20-6-8-22(35)9-7-20)32(44)39(29)24-12-10-23(36)11-13-24/h2-13,18,25-31,40-43H,14-17H2,1H3/t18-,25+,26+,27+,28-,29+,30-,31+,33?/m0/s1. The lowest BCUT2D eigenvalue weighted by Crippen LogP contribution is -2.61. The zero-order chi connectivity index (χ0) is 31.6. The number of hydrogen-bond acceptors (Lipinski definition) is 5. The molecular formula is C34H35F4NO5. The van der Waals surface area contributed by atoms with Gasteiger partial charge in [-0.2, -0.15) is 0 Å². The molecule has 0 bridgehead atoms. The largest absolute Gasteiger partial charge is 0.396 e. The SMILES string of the molecule is C[C@H]1[C@H](O)[C@@H](CO)C(F)(F)C2(C[C@@H]2c2ccc([C@@H]3[C@@H](CC[C@H](O)c4ccc(F)cc4)C(=O)N3c3ccc(F)cc3)cc2)[C@@H]1O. The average molecular weight is 614 g/mol. The van der Waals surface area contributed by atoms with Crippen LogP contribution in [0, 0.1) is 34.8 Å². The summed E-state index contributed by atoms with van der Waals surface area (Å²) >= 11 is 0. The lowest BCUT2D eigenvalue weighted by molar-refractivity contribution is -0.249. The maximum Gasteiger partial charge on any atom is 0.264 e. The highest BCUT2D eigenvalue weighted by Crippen LogP contribution is 2.73. The van der Waals surface area contributed by atoms with E-state index >= 15 is 8.78 Å². The van der Waals surface area contributed by atoms with Gasteiger partial charge in [-0.1, -0.05) is 43.3 Å². The van der Waals surface area contributed by atoms with E-state index in [4.69, 9.17) is 0 Å². The minimum atomic E-state index is -3.49. The Labute approximate surface area is 252 Å². The molecule has 3 aliphatic rings. The van der Waals surface area contributed by atoms with Crippen molar-refractivity contribution in [3.8, 4) is 0 Å². The van der Waals surface area contributed by atoms with Crippen LogP contribution in [-0.4, -0.2) is 51.1 Å². The summed E-state index contributed by atoms with van der Waals surface area (Å²) in [5.41, 5.74) is 0.526. The fourth-order valence-corrected chi connectivity index (χ4v) is 7.61. The van der Waals surface area contributed by atoms with Gasteiger partial charge in [0.15, 0.2) is 0 Å². The van der Waals surface area contributed by atoms with E-state index < -0.39 is 77.6 Å². The van der Waals surface area contributed by atoms with E-state index in [0.29, 0.717) is 23.2 Å². The number of benzene rings is 3. The molecule has 2 saturated carbocycles. The van der Waals surface area contributed by atoms with Crippen molar-refractivity contribution in [2.45, 2.75) is 62.4 Å². The van der Waals surface area contributed by atoms with Crippen LogP contribution in [0.2, 0.25) is 0 Å². The van der Waals surface area contributed by atoms with E-state index in [0.717, 1.165) is 5.56 Å². The van der Waals surface area contributed by atoms with Gasteiger partial charge in [-0.25, -0.2) is 17.6 Å². The van der Waals surface area contributed by atoms with E-state index in [2.05, 4.69) is 0 Å². The first-order valence-electron chi connectivity index (χ1n) is 14.9. The number of halogens is 4. The second-order valence-corrected chi connectivity index (χ2v) is 12.6. The third-order valence-corrected chi connectivity index (χ3v) is 10.3. The maximum absolute atomic E-state index is 15.7. The molecule has 0 aromatic heterocycles. The zero-order valence-corrected chi connectivity index (χ0v) is 24.0. The molecule has 1 heterocycles. The second kappa shape index (κ2) is 11.2. The molecule has 6 nitrogen and oxygen atoms in total. The molecule has 234 valence electrons. The fraction of sp³-hybridized carbons (Fsp3) is 0.441. The van der Waals surface area contributed by atoms with Crippen molar-refractivity contribution in [2.24, 2.45) is 23.2 Å². The first kappa shape index (κ1) is 30.7. The Kier molecular flexibility index (Phi) is 7.85. The molecule has 6 rings (SSSR count). The van der Waals surface area contributed by atoms with Gasteiger partial charge in [-0.05, 0) is 78.3 Å². The van der Waals surface area contributed by atoms with Crippen LogP contribution in [0.25, 0.3) is 0 Å². The Hall–Kier alpha value is -3.31. The van der Waals surface area contributed by atoms with Gasteiger partial charge in [-0.3, -0.25) is 4.79 Å². The summed E-state index contributed by atoms with van der Waals surface area (Å²) in [5, 5.41) is 41.6. The number of anilines is 1. The van der Waals surface area contributed by atoms with Crippen LogP contribution < -0.4 is 4.90 Å². The first-order valence-corrected chi connectivity index (χ1v) is 14.9. The molecule has 1 saturated heterocycles. The number of alkyl halides is 2. The lowest BCUT2D eigenvalue weighted by Gasteiger charge is -2.48. The number of aliphatic hydroxyl groups is 4. The maximum atomic E-state index is 15.7. The Morgan fingerprint density at radius 1 is 0.909 bits per heavy atom. The summed E-state index contributed by atoms with van der Waals surface area (Å²) in [4.78, 5) is 14.9. The van der Waals surface area contributed by atoms with Crippen molar-refractivity contribution >= 4 is 11.6 Å². The smallest absolute Gasteiger partial charge is 0.264 e. The number of nitrogens with zero attached hydrogens (tertiary/aromatic N) is 1. The summed E-state index contributed by atoms with van der Waals surface area (Å²) < 4.78 is 58.3. The number of carbonyl (C=O) groups is 1. The summed E-state index contributed by atoms with van der Waals surface area (Å²) in [6.45, 7) is 0.614. The third kappa shape index (κ3) is 4.74. The van der Waals surface area contributed by atoms with E-state index in [1.54, 1.807) is 29.2 Å². The number of hydrogen-bond donors (Lipinski definition) is 4. The summed E-state index contributed by atoms with van der Waals surface area (Å²) in [5.74, 6) is -8.31. The van der Waals surface area contributed by atoms with Crippen LogP contribution in [0.3, 0.4) is 0 Å². The van der Waals surface area contributed by atoms with Gasteiger partial charge >= 0.3 is 0 Å². The molecule has 1 amide bonds. The van der Waals surface area contributed by atoms with Crippen molar-refractivity contribution < 1.29 is 42.8 Å². The third-order valence-electron chi connectivity index (χ3n) is 10.3. The molecular weight excluding hydrogens is 578 g/mol. The van der Waals surface area contributed by atoms with E-state index in [1.807, 2.05) is 0 Å². The average Bonchev–Trinajstić information content (AvgIpc) is 3.77. The normalized spacial score (nSPS) is 33.2. The quantitative estimate of drug-likeness (QED) is 0.205. The molecule has 10 heteroatoms. The minimum absolute atomic E-state index is 0.00158. The van der Waals surface area contributed by atoms with Crippen molar-refractivity contribution in [2.75, 3.05) is 11.5 Å². The van der Waals surface area contributed by atoms with Crippen molar-refractivity contribution in [3.05, 3.63) is 101 Å². The number of aliphatic hydroxyl groups excluding tert-OH is 4. The number of amides is 1. The van der Waals surface area contributed by atoms with Gasteiger partial charge in [0.05, 0.1) is 48.2 Å². The zero-order valence-electron chi connectivity index (χ0n) is 24.0. The number of carbonyl (C=O) groups excluding carboxylic acids is 1. The molecule has 3 aromatic rings. The first-order chi connectivity index (χ1) is 20.9. The van der Waals surface area contributed by atoms with Crippen LogP contribution in [0.1, 0.15) is 60.9 Å². The molecule has 1 aliphatic heterocycles. The summed E-state index contributed by atoms with van der Waals surface area (Å²) in [6.07, 6.45) is -3.36. The Bertz CT molecular complexity index is 1500. The van der Waals surface area contributed by atoms with Gasteiger partial charge in [-0.15, -0.1) is 0 Å². The highest BCUT2D eigenvalue weighted by atomic mass is 19.3. The molecule has 4 N–H and O–H groups in total. The van der Waals surface area contributed by atoms with Gasteiger partial charge in [0, 0.05) is 11.6 Å². The second-order valence-electron chi connectivity index (χ2n) is 12.6. The Balaban J connectivity index is 1.25. The molecule has 44 heavy (non-hydrogen) atoms. The molecule has 1 spiro atoms. The monoisotopic (exact) mass is 613 g/mol. The molecule has 3 aromatic carbocycles. The van der Waals surface area contributed by atoms with Gasteiger partial charge in [0.2, 0.25) is 5.91 Å². The minimum Gasteiger partial charge on any atom is -0.396 e. The summed E-state index contributed by atoms with van der Waals surface area (Å²) in [7, 11) is 0. The molecule has 3 fully saturated rings. The van der Waals surface area contributed by atoms with Crippen LogP contribution in [0.4, 0.5) is 23.2 Å². The fourth-order valence-electron chi connectivity index (χ4n) is 7.61. The van der Waals surface area contributed by atoms with Crippen molar-refractivity contribution in [1.82, 2.24) is 0 Å². The Morgan fingerprint density at radius 2 is 1.48 bits per heavy atom. The predicted octanol–water partition coefficient (Wildman–Crippen LogP) is 5.27. The van der Waals surface area contributed by atoms with Crippen LogP contribution in [-0.2, 0) is 4.79 Å². The van der Waals surface area contributed by atoms with Crippen molar-refractivity contribution in [1.29, 1.82) is 0 Å². The highest BCUT2D eigenvalue weighted by molar-refractivity contribution is 6.03. The topological polar surface area (TPSA) is 101 Å². The Morgan fingerprint density at radius 3 is 2.07 bits per heavy atom. The van der Waals surface area contributed by atoms with Crippen molar-refractivity contribution in [3.63, 3.8) is 0 Å². The lowest BCUT2D eigenvalue weighted by atomic mass is 9.65. The molecule has 1 unspecified atom stereocenters. The number of rotatable bonds is 8. The van der Waals surface area contributed by atoms with E-state index in [-0.39, 0.29) is 18.7 Å². The van der Waals surface area contributed by atoms with Gasteiger partial charge < -0.3 is 25.3 Å². The molecule has 2 aliphatic carbocycles. The van der Waals surface area contributed by atoms with Crippen LogP contribution in [0.5, 0.6) is 0 Å². The van der Waals surface area contributed by atoms with Crippen LogP contribution in [0.15, 0.2) is 72.8 Å². The van der Waals surface area contributed by atoms with E-state index in [9.17, 15) is 34.0 Å². The van der Waals surface area contributed by atoms with Crippen LogP contribution >= 0.6 is 0 Å². The molecule has 9 atom stereocenters. The predicted molar refractivity (Wildman–Crippen MR) is 154 cm³/mol. The van der Waals surface area contributed by atoms with Gasteiger partial charge in [0.1, 0.15) is 11.6 Å². The summed E-state index contributed by atoms with van der Waals surface area (Å²) in [6, 6.07) is 17.5. The van der Waals surface area contributed by atoms with Gasteiger partial charge in [0.25, 0.3) is 5.92 Å². The van der Waals surface area contributed by atoms with E-state index in [1.165, 1.54) is 55.5 Å². The molecule has 0 radical (unpaired) electrons. The number of β-lactam (4-membered cyclic amide) rings is 1.